The van der Waals surface area contributed by atoms with Crippen molar-refractivity contribution >= 4 is 5.91 Å². The van der Waals surface area contributed by atoms with Crippen LogP contribution in [0.1, 0.15) is 34.5 Å². The van der Waals surface area contributed by atoms with E-state index in [9.17, 15) is 14.3 Å². The van der Waals surface area contributed by atoms with Crippen molar-refractivity contribution in [1.29, 1.82) is 0 Å². The summed E-state index contributed by atoms with van der Waals surface area (Å²) in [6.45, 7) is 3.15. The third-order valence-corrected chi connectivity index (χ3v) is 3.11. The Hall–Kier alpha value is -2.40. The van der Waals surface area contributed by atoms with Gasteiger partial charge in [0.05, 0.1) is 6.10 Å². The topological polar surface area (TPSA) is 72.5 Å². The summed E-state index contributed by atoms with van der Waals surface area (Å²) in [4.78, 5) is 11.0. The fraction of sp³-hybridized carbons (Fsp3) is 0.188. The van der Waals surface area contributed by atoms with Crippen LogP contribution in [0, 0.1) is 12.7 Å². The summed E-state index contributed by atoms with van der Waals surface area (Å²) in [7, 11) is 0. The fourth-order valence-corrected chi connectivity index (χ4v) is 1.90. The van der Waals surface area contributed by atoms with Crippen molar-refractivity contribution in [3.8, 4) is 11.5 Å². The number of benzene rings is 2. The van der Waals surface area contributed by atoms with Crippen molar-refractivity contribution in [2.75, 3.05) is 0 Å². The Morgan fingerprint density at radius 2 is 1.90 bits per heavy atom. The van der Waals surface area contributed by atoms with Crippen LogP contribution >= 0.6 is 0 Å². The van der Waals surface area contributed by atoms with Gasteiger partial charge < -0.3 is 15.6 Å². The molecule has 0 saturated carbocycles. The predicted molar refractivity (Wildman–Crippen MR) is 76.8 cm³/mol. The molecule has 2 aromatic carbocycles. The Labute approximate surface area is 122 Å². The maximum absolute atomic E-state index is 13.6. The van der Waals surface area contributed by atoms with E-state index in [0.717, 1.165) is 0 Å². The van der Waals surface area contributed by atoms with Gasteiger partial charge in [-0.2, -0.15) is 0 Å². The van der Waals surface area contributed by atoms with E-state index < -0.39 is 17.8 Å². The SMILES string of the molecule is Cc1cc(Oc2ccc(C(N)=O)cc2)c(C(C)O)cc1F. The van der Waals surface area contributed by atoms with Gasteiger partial charge in [0.15, 0.2) is 0 Å². The number of aliphatic hydroxyl groups is 1. The molecule has 0 radical (unpaired) electrons. The zero-order valence-corrected chi connectivity index (χ0v) is 11.8. The molecule has 2 rings (SSSR count). The standard InChI is InChI=1S/C16H16FNO3/c1-9-7-15(13(10(2)19)8-14(9)17)21-12-5-3-11(4-6-12)16(18)20/h3-8,10,19H,1-2H3,(H2,18,20). The molecule has 5 heteroatoms. The molecule has 21 heavy (non-hydrogen) atoms. The van der Waals surface area contributed by atoms with Gasteiger partial charge in [-0.25, -0.2) is 4.39 Å². The smallest absolute Gasteiger partial charge is 0.248 e. The van der Waals surface area contributed by atoms with Crippen molar-refractivity contribution in [2.45, 2.75) is 20.0 Å². The number of hydrogen-bond donors (Lipinski definition) is 2. The van der Waals surface area contributed by atoms with Gasteiger partial charge in [-0.3, -0.25) is 4.79 Å². The Morgan fingerprint density at radius 3 is 2.43 bits per heavy atom. The number of amides is 1. The van der Waals surface area contributed by atoms with Gasteiger partial charge in [0, 0.05) is 11.1 Å². The first-order chi connectivity index (χ1) is 9.88. The highest BCUT2D eigenvalue weighted by Crippen LogP contribution is 2.32. The fourth-order valence-electron chi connectivity index (χ4n) is 1.90. The van der Waals surface area contributed by atoms with E-state index in [1.165, 1.54) is 31.2 Å². The molecule has 1 amide bonds. The summed E-state index contributed by atoms with van der Waals surface area (Å²) >= 11 is 0. The molecule has 0 aliphatic rings. The highest BCUT2D eigenvalue weighted by molar-refractivity contribution is 5.92. The lowest BCUT2D eigenvalue weighted by atomic mass is 10.1. The van der Waals surface area contributed by atoms with Crippen LogP contribution in [-0.4, -0.2) is 11.0 Å². The van der Waals surface area contributed by atoms with Gasteiger partial charge >= 0.3 is 0 Å². The lowest BCUT2D eigenvalue weighted by molar-refractivity contribution is 0.100. The third-order valence-electron chi connectivity index (χ3n) is 3.11. The van der Waals surface area contributed by atoms with E-state index in [2.05, 4.69) is 0 Å². The summed E-state index contributed by atoms with van der Waals surface area (Å²) in [6.07, 6.45) is -0.861. The van der Waals surface area contributed by atoms with Crippen LogP contribution in [0.2, 0.25) is 0 Å². The second-order valence-electron chi connectivity index (χ2n) is 4.81. The first-order valence-corrected chi connectivity index (χ1v) is 6.44. The monoisotopic (exact) mass is 289 g/mol. The lowest BCUT2D eigenvalue weighted by Crippen LogP contribution is -2.10. The van der Waals surface area contributed by atoms with E-state index in [1.54, 1.807) is 19.1 Å². The highest BCUT2D eigenvalue weighted by atomic mass is 19.1. The molecular weight excluding hydrogens is 273 g/mol. The molecule has 0 fully saturated rings. The van der Waals surface area contributed by atoms with E-state index in [1.807, 2.05) is 0 Å². The number of rotatable bonds is 4. The number of carbonyl (C=O) groups is 1. The molecule has 110 valence electrons. The number of ether oxygens (including phenoxy) is 1. The zero-order valence-electron chi connectivity index (χ0n) is 11.8. The molecule has 0 heterocycles. The van der Waals surface area contributed by atoms with E-state index >= 15 is 0 Å². The minimum atomic E-state index is -0.861. The van der Waals surface area contributed by atoms with E-state index in [4.69, 9.17) is 10.5 Å². The molecule has 0 aliphatic heterocycles. The van der Waals surface area contributed by atoms with E-state index in [-0.39, 0.29) is 0 Å². The van der Waals surface area contributed by atoms with Crippen LogP contribution in [0.3, 0.4) is 0 Å². The zero-order chi connectivity index (χ0) is 15.6. The van der Waals surface area contributed by atoms with Gasteiger partial charge in [-0.1, -0.05) is 0 Å². The molecule has 1 atom stereocenters. The summed E-state index contributed by atoms with van der Waals surface area (Å²) in [5.41, 5.74) is 6.31. The van der Waals surface area contributed by atoms with Crippen molar-refractivity contribution in [3.05, 3.63) is 58.9 Å². The van der Waals surface area contributed by atoms with Gasteiger partial charge in [-0.15, -0.1) is 0 Å². The average molecular weight is 289 g/mol. The molecule has 0 saturated heterocycles. The summed E-state index contributed by atoms with van der Waals surface area (Å²) in [5, 5.41) is 9.71. The molecule has 2 aromatic rings. The Balaban J connectivity index is 2.34. The van der Waals surface area contributed by atoms with Gasteiger partial charge in [0.25, 0.3) is 0 Å². The number of hydrogen-bond acceptors (Lipinski definition) is 3. The van der Waals surface area contributed by atoms with Crippen molar-refractivity contribution in [3.63, 3.8) is 0 Å². The van der Waals surface area contributed by atoms with Crippen LogP contribution in [0.15, 0.2) is 36.4 Å². The minimum Gasteiger partial charge on any atom is -0.457 e. The first-order valence-electron chi connectivity index (χ1n) is 6.44. The van der Waals surface area contributed by atoms with Crippen molar-refractivity contribution in [1.82, 2.24) is 0 Å². The number of aryl methyl sites for hydroxylation is 1. The normalized spacial score (nSPS) is 12.0. The largest absolute Gasteiger partial charge is 0.457 e. The van der Waals surface area contributed by atoms with Gasteiger partial charge in [0.2, 0.25) is 5.91 Å². The average Bonchev–Trinajstić information content (AvgIpc) is 2.43. The molecule has 1 unspecified atom stereocenters. The quantitative estimate of drug-likeness (QED) is 0.908. The molecule has 3 N–H and O–H groups in total. The molecule has 0 bridgehead atoms. The number of nitrogens with two attached hydrogens (primary N) is 1. The summed E-state index contributed by atoms with van der Waals surface area (Å²) in [6, 6.07) is 9.04. The molecule has 0 aromatic heterocycles. The Morgan fingerprint density at radius 1 is 1.29 bits per heavy atom. The maximum atomic E-state index is 13.6. The first kappa shape index (κ1) is 15.0. The lowest BCUT2D eigenvalue weighted by Gasteiger charge is -2.14. The number of carbonyl (C=O) groups excluding carboxylic acids is 1. The maximum Gasteiger partial charge on any atom is 0.248 e. The van der Waals surface area contributed by atoms with Crippen LogP contribution in [0.25, 0.3) is 0 Å². The van der Waals surface area contributed by atoms with Crippen LogP contribution < -0.4 is 10.5 Å². The number of halogens is 1. The molecule has 4 nitrogen and oxygen atoms in total. The van der Waals surface area contributed by atoms with Gasteiger partial charge in [0.1, 0.15) is 17.3 Å². The Kier molecular flexibility index (Phi) is 4.23. The predicted octanol–water partition coefficient (Wildman–Crippen LogP) is 3.08. The number of primary amides is 1. The second-order valence-corrected chi connectivity index (χ2v) is 4.81. The molecule has 0 spiro atoms. The third kappa shape index (κ3) is 3.38. The second kappa shape index (κ2) is 5.93. The minimum absolute atomic E-state index is 0.358. The van der Waals surface area contributed by atoms with Gasteiger partial charge in [-0.05, 0) is 55.8 Å². The van der Waals surface area contributed by atoms with Crippen LogP contribution in [0.4, 0.5) is 4.39 Å². The highest BCUT2D eigenvalue weighted by Gasteiger charge is 2.14. The summed E-state index contributed by atoms with van der Waals surface area (Å²) in [5.74, 6) is -0.0881. The Bertz CT molecular complexity index is 666. The molecular formula is C16H16FNO3. The summed E-state index contributed by atoms with van der Waals surface area (Å²) < 4.78 is 19.2. The van der Waals surface area contributed by atoms with Crippen LogP contribution in [-0.2, 0) is 0 Å². The van der Waals surface area contributed by atoms with Crippen molar-refractivity contribution < 1.29 is 19.0 Å². The van der Waals surface area contributed by atoms with E-state index in [0.29, 0.717) is 28.2 Å². The van der Waals surface area contributed by atoms with Crippen LogP contribution in [0.5, 0.6) is 11.5 Å². The number of aliphatic hydroxyl groups excluding tert-OH is 1. The molecule has 0 aliphatic carbocycles. The van der Waals surface area contributed by atoms with Crippen molar-refractivity contribution in [2.24, 2.45) is 5.73 Å².